The number of hydrazone groups is 1. The van der Waals surface area contributed by atoms with Crippen molar-refractivity contribution >= 4 is 50.8 Å². The van der Waals surface area contributed by atoms with Crippen molar-refractivity contribution in [1.29, 1.82) is 0 Å². The smallest absolute Gasteiger partial charge is 0.280 e. The second kappa shape index (κ2) is 6.15. The van der Waals surface area contributed by atoms with Crippen LogP contribution < -0.4 is 5.43 Å². The largest absolute Gasteiger partial charge is 0.327 e. The Morgan fingerprint density at radius 1 is 1.35 bits per heavy atom. The number of anilines is 1. The van der Waals surface area contributed by atoms with Crippen molar-refractivity contribution in [2.75, 3.05) is 5.43 Å². The summed E-state index contributed by atoms with van der Waals surface area (Å²) in [7, 11) is 1.92. The van der Waals surface area contributed by atoms with E-state index in [1.807, 2.05) is 35.9 Å². The minimum atomic E-state index is -0.429. The molecule has 3 aromatic heterocycles. The molecule has 0 amide bonds. The molecule has 0 saturated heterocycles. The van der Waals surface area contributed by atoms with Crippen LogP contribution in [0.2, 0.25) is 0 Å². The first-order valence-electron chi connectivity index (χ1n) is 7.66. The van der Waals surface area contributed by atoms with Crippen LogP contribution in [0.15, 0.2) is 40.8 Å². The summed E-state index contributed by atoms with van der Waals surface area (Å²) >= 11 is 1.26. The van der Waals surface area contributed by atoms with Crippen molar-refractivity contribution in [3.05, 3.63) is 50.7 Å². The van der Waals surface area contributed by atoms with E-state index in [0.29, 0.717) is 16.2 Å². The number of benzene rings is 1. The highest BCUT2D eigenvalue weighted by Crippen LogP contribution is 2.25. The van der Waals surface area contributed by atoms with Gasteiger partial charge in [-0.1, -0.05) is 18.2 Å². The van der Waals surface area contributed by atoms with Gasteiger partial charge in [0.15, 0.2) is 5.65 Å². The van der Waals surface area contributed by atoms with Gasteiger partial charge in [-0.25, -0.2) is 5.43 Å². The molecule has 0 aliphatic carbocycles. The van der Waals surface area contributed by atoms with E-state index in [1.54, 1.807) is 6.92 Å². The normalized spacial score (nSPS) is 12.0. The summed E-state index contributed by atoms with van der Waals surface area (Å²) < 4.78 is 1.95. The summed E-state index contributed by atoms with van der Waals surface area (Å²) in [5, 5.41) is 25.8. The number of aryl methyl sites for hydroxylation is 1. The number of para-hydroxylation sites is 1. The van der Waals surface area contributed by atoms with Crippen LogP contribution in [-0.2, 0) is 7.05 Å². The molecule has 9 nitrogen and oxygen atoms in total. The Hall–Kier alpha value is -3.40. The van der Waals surface area contributed by atoms with Crippen molar-refractivity contribution in [2.24, 2.45) is 12.1 Å². The van der Waals surface area contributed by atoms with Gasteiger partial charge in [0, 0.05) is 18.5 Å². The zero-order valence-electron chi connectivity index (χ0n) is 13.9. The molecule has 1 aromatic carbocycles. The van der Waals surface area contributed by atoms with Gasteiger partial charge in [0.05, 0.1) is 26.4 Å². The van der Waals surface area contributed by atoms with E-state index >= 15 is 0 Å². The molecule has 0 aliphatic heterocycles. The molecule has 0 radical (unpaired) electrons. The van der Waals surface area contributed by atoms with Crippen LogP contribution in [0.3, 0.4) is 0 Å². The van der Waals surface area contributed by atoms with Crippen LogP contribution in [0.1, 0.15) is 11.8 Å². The fraction of sp³-hybridized carbons (Fsp3) is 0.125. The summed E-state index contributed by atoms with van der Waals surface area (Å²) in [5.74, 6) is 0.258. The van der Waals surface area contributed by atoms with Gasteiger partial charge in [0.25, 0.3) is 11.6 Å². The molecule has 0 aliphatic rings. The Labute approximate surface area is 151 Å². The van der Waals surface area contributed by atoms with Crippen molar-refractivity contribution in [1.82, 2.24) is 19.7 Å². The SMILES string of the molecule is CC(=NNc1nnc2c3ccccc3n(C)c2n1)c1cc([N+](=O)[O-])cs1. The van der Waals surface area contributed by atoms with Crippen LogP contribution in [0.25, 0.3) is 22.1 Å². The second-order valence-corrected chi connectivity index (χ2v) is 6.53. The summed E-state index contributed by atoms with van der Waals surface area (Å²) in [6.45, 7) is 1.76. The lowest BCUT2D eigenvalue weighted by Gasteiger charge is -2.01. The molecular formula is C16H13N7O2S. The average molecular weight is 367 g/mol. The Morgan fingerprint density at radius 2 is 2.15 bits per heavy atom. The summed E-state index contributed by atoms with van der Waals surface area (Å²) in [5.41, 5.74) is 5.87. The highest BCUT2D eigenvalue weighted by molar-refractivity contribution is 7.12. The molecule has 130 valence electrons. The van der Waals surface area contributed by atoms with E-state index in [4.69, 9.17) is 0 Å². The van der Waals surface area contributed by atoms with E-state index in [9.17, 15) is 10.1 Å². The second-order valence-electron chi connectivity index (χ2n) is 5.62. The predicted octanol–water partition coefficient (Wildman–Crippen LogP) is 3.32. The maximum absolute atomic E-state index is 10.8. The lowest BCUT2D eigenvalue weighted by atomic mass is 10.2. The number of rotatable bonds is 4. The monoisotopic (exact) mass is 367 g/mol. The molecule has 1 N–H and O–H groups in total. The first-order chi connectivity index (χ1) is 12.5. The lowest BCUT2D eigenvalue weighted by molar-refractivity contribution is -0.384. The molecule has 4 aromatic rings. The Balaban J connectivity index is 1.65. The first-order valence-corrected chi connectivity index (χ1v) is 8.54. The standard InChI is InChI=1S/C16H13N7O2S/c1-9(13-7-10(8-26-13)23(24)25)18-20-16-17-15-14(19-21-16)11-5-3-4-6-12(11)22(15)2/h3-8H,1-2H3,(H,17,20,21). The van der Waals surface area contributed by atoms with Crippen molar-refractivity contribution in [3.63, 3.8) is 0 Å². The Kier molecular flexibility index (Phi) is 3.81. The number of hydrogen-bond donors (Lipinski definition) is 1. The van der Waals surface area contributed by atoms with Crippen molar-refractivity contribution < 1.29 is 4.92 Å². The summed E-state index contributed by atoms with van der Waals surface area (Å²) in [6.07, 6.45) is 0. The fourth-order valence-corrected chi connectivity index (χ4v) is 3.46. The van der Waals surface area contributed by atoms with Crippen molar-refractivity contribution in [3.8, 4) is 0 Å². The van der Waals surface area contributed by atoms with Crippen LogP contribution >= 0.6 is 11.3 Å². The van der Waals surface area contributed by atoms with Gasteiger partial charge in [-0.05, 0) is 13.0 Å². The van der Waals surface area contributed by atoms with E-state index in [1.165, 1.54) is 22.8 Å². The Morgan fingerprint density at radius 3 is 2.92 bits per heavy atom. The average Bonchev–Trinajstić information content (AvgIpc) is 3.25. The fourth-order valence-electron chi connectivity index (χ4n) is 2.65. The van der Waals surface area contributed by atoms with Gasteiger partial charge in [-0.2, -0.15) is 10.1 Å². The highest BCUT2D eigenvalue weighted by Gasteiger charge is 2.13. The maximum Gasteiger partial charge on any atom is 0.280 e. The third-order valence-electron chi connectivity index (χ3n) is 3.98. The molecule has 0 spiro atoms. The van der Waals surface area contributed by atoms with E-state index in [2.05, 4.69) is 25.7 Å². The zero-order chi connectivity index (χ0) is 18.3. The molecule has 0 bridgehead atoms. The Bertz CT molecular complexity index is 1180. The minimum Gasteiger partial charge on any atom is -0.327 e. The van der Waals surface area contributed by atoms with E-state index < -0.39 is 4.92 Å². The zero-order valence-corrected chi connectivity index (χ0v) is 14.7. The van der Waals surface area contributed by atoms with E-state index in [-0.39, 0.29) is 11.6 Å². The third-order valence-corrected chi connectivity index (χ3v) is 5.01. The molecule has 0 atom stereocenters. The van der Waals surface area contributed by atoms with Gasteiger partial charge in [-0.3, -0.25) is 10.1 Å². The van der Waals surface area contributed by atoms with Crippen LogP contribution in [0, 0.1) is 10.1 Å². The molecule has 3 heterocycles. The summed E-state index contributed by atoms with van der Waals surface area (Å²) in [6, 6.07) is 9.37. The maximum atomic E-state index is 10.8. The third kappa shape index (κ3) is 2.65. The topological polar surface area (TPSA) is 111 Å². The number of hydrogen-bond acceptors (Lipinski definition) is 8. The number of fused-ring (bicyclic) bond motifs is 3. The van der Waals surface area contributed by atoms with Gasteiger partial charge >= 0.3 is 0 Å². The molecule has 0 unspecified atom stereocenters. The van der Waals surface area contributed by atoms with Crippen molar-refractivity contribution in [2.45, 2.75) is 6.92 Å². The van der Waals surface area contributed by atoms with E-state index in [0.717, 1.165) is 16.4 Å². The molecule has 0 fully saturated rings. The number of aromatic nitrogens is 4. The molecule has 10 heteroatoms. The molecule has 0 saturated carbocycles. The number of nitrogens with one attached hydrogen (secondary N) is 1. The number of thiophene rings is 1. The first kappa shape index (κ1) is 16.1. The number of nitro groups is 1. The molecular weight excluding hydrogens is 354 g/mol. The molecule has 4 rings (SSSR count). The minimum absolute atomic E-state index is 0.0504. The predicted molar refractivity (Wildman–Crippen MR) is 101 cm³/mol. The van der Waals surface area contributed by atoms with Gasteiger partial charge in [-0.15, -0.1) is 21.5 Å². The summed E-state index contributed by atoms with van der Waals surface area (Å²) in [4.78, 5) is 15.5. The van der Waals surface area contributed by atoms with Crippen LogP contribution in [0.4, 0.5) is 11.6 Å². The van der Waals surface area contributed by atoms with Gasteiger partial charge < -0.3 is 4.57 Å². The number of nitrogens with zero attached hydrogens (tertiary/aromatic N) is 6. The molecule has 26 heavy (non-hydrogen) atoms. The van der Waals surface area contributed by atoms with Gasteiger partial charge in [0.1, 0.15) is 5.52 Å². The lowest BCUT2D eigenvalue weighted by Crippen LogP contribution is -2.03. The van der Waals surface area contributed by atoms with Crippen LogP contribution in [0.5, 0.6) is 0 Å². The van der Waals surface area contributed by atoms with Gasteiger partial charge in [0.2, 0.25) is 0 Å². The van der Waals surface area contributed by atoms with Crippen LogP contribution in [-0.4, -0.2) is 30.4 Å². The highest BCUT2D eigenvalue weighted by atomic mass is 32.1. The quantitative estimate of drug-likeness (QED) is 0.336.